The van der Waals surface area contributed by atoms with Crippen LogP contribution in [0.5, 0.6) is 5.88 Å². The van der Waals surface area contributed by atoms with Crippen LogP contribution in [-0.4, -0.2) is 27.2 Å². The van der Waals surface area contributed by atoms with E-state index in [1.54, 1.807) is 0 Å². The molecule has 0 bridgehead atoms. The van der Waals surface area contributed by atoms with Gasteiger partial charge in [-0.15, -0.1) is 0 Å². The number of nitrogens with zero attached hydrogens (tertiary/aromatic N) is 3. The quantitative estimate of drug-likeness (QED) is 0.862. The molecule has 0 aliphatic rings. The van der Waals surface area contributed by atoms with E-state index in [1.807, 2.05) is 0 Å². The Hall–Kier alpha value is -2.08. The van der Waals surface area contributed by atoms with Crippen LogP contribution in [0.25, 0.3) is 0 Å². The van der Waals surface area contributed by atoms with Crippen LogP contribution in [0.3, 0.4) is 0 Å². The lowest BCUT2D eigenvalue weighted by molar-refractivity contribution is 0.206. The molecule has 0 fully saturated rings. The first kappa shape index (κ1) is 11.4. The Bertz CT molecular complexity index is 522. The fourth-order valence-electron chi connectivity index (χ4n) is 1.42. The Balaban J connectivity index is 2.40. The van der Waals surface area contributed by atoms with Crippen molar-refractivity contribution in [1.82, 2.24) is 15.0 Å². The summed E-state index contributed by atoms with van der Waals surface area (Å²) in [5, 5.41) is 10.0. The molecule has 2 aromatic heterocycles. The third kappa shape index (κ3) is 2.36. The SMILES string of the molecule is COc1nccnc1C(O)c1cncc(F)c1. The van der Waals surface area contributed by atoms with E-state index in [2.05, 4.69) is 15.0 Å². The summed E-state index contributed by atoms with van der Waals surface area (Å²) in [6.07, 6.45) is 4.17. The number of hydrogen-bond acceptors (Lipinski definition) is 5. The first-order chi connectivity index (χ1) is 8.22. The molecule has 0 spiro atoms. The zero-order valence-corrected chi connectivity index (χ0v) is 9.04. The monoisotopic (exact) mass is 235 g/mol. The molecule has 0 amide bonds. The predicted octanol–water partition coefficient (Wildman–Crippen LogP) is 1.10. The summed E-state index contributed by atoms with van der Waals surface area (Å²) >= 11 is 0. The molecule has 6 heteroatoms. The van der Waals surface area contributed by atoms with Crippen LogP contribution in [0.15, 0.2) is 30.9 Å². The minimum absolute atomic E-state index is 0.198. The van der Waals surface area contributed by atoms with Crippen molar-refractivity contribution in [3.8, 4) is 5.88 Å². The number of rotatable bonds is 3. The summed E-state index contributed by atoms with van der Waals surface area (Å²) in [6, 6.07) is 1.19. The maximum absolute atomic E-state index is 13.0. The standard InChI is InChI=1S/C11H10FN3O2/c1-17-11-9(14-2-3-15-11)10(16)7-4-8(12)6-13-5-7/h2-6,10,16H,1H3. The highest BCUT2D eigenvalue weighted by atomic mass is 19.1. The molecule has 0 aliphatic heterocycles. The second-order valence-electron chi connectivity index (χ2n) is 3.29. The van der Waals surface area contributed by atoms with Gasteiger partial charge in [-0.05, 0) is 6.07 Å². The fraction of sp³-hybridized carbons (Fsp3) is 0.182. The second-order valence-corrected chi connectivity index (χ2v) is 3.29. The summed E-state index contributed by atoms with van der Waals surface area (Å²) in [5.41, 5.74) is 0.520. The Morgan fingerprint density at radius 3 is 2.76 bits per heavy atom. The van der Waals surface area contributed by atoms with E-state index in [0.717, 1.165) is 6.20 Å². The smallest absolute Gasteiger partial charge is 0.238 e. The Labute approximate surface area is 97.0 Å². The molecular weight excluding hydrogens is 225 g/mol. The molecule has 0 aliphatic carbocycles. The molecule has 2 heterocycles. The third-order valence-electron chi connectivity index (χ3n) is 2.19. The number of hydrogen-bond donors (Lipinski definition) is 1. The first-order valence-corrected chi connectivity index (χ1v) is 4.85. The van der Waals surface area contributed by atoms with Crippen molar-refractivity contribution in [3.63, 3.8) is 0 Å². The molecule has 1 N–H and O–H groups in total. The zero-order valence-electron chi connectivity index (χ0n) is 9.04. The average Bonchev–Trinajstić information content (AvgIpc) is 2.38. The molecule has 5 nitrogen and oxygen atoms in total. The molecule has 0 radical (unpaired) electrons. The highest BCUT2D eigenvalue weighted by molar-refractivity contribution is 5.29. The van der Waals surface area contributed by atoms with Crippen molar-refractivity contribution >= 4 is 0 Å². The summed E-state index contributed by atoms with van der Waals surface area (Å²) in [4.78, 5) is 11.5. The van der Waals surface area contributed by atoms with E-state index in [0.29, 0.717) is 5.56 Å². The molecule has 1 atom stereocenters. The average molecular weight is 235 g/mol. The third-order valence-corrected chi connectivity index (χ3v) is 2.19. The Morgan fingerprint density at radius 1 is 1.29 bits per heavy atom. The van der Waals surface area contributed by atoms with Crippen molar-refractivity contribution < 1.29 is 14.2 Å². The maximum atomic E-state index is 13.0. The molecule has 0 saturated heterocycles. The van der Waals surface area contributed by atoms with Crippen molar-refractivity contribution in [2.75, 3.05) is 7.11 Å². The first-order valence-electron chi connectivity index (χ1n) is 4.85. The largest absolute Gasteiger partial charge is 0.480 e. The van der Waals surface area contributed by atoms with Gasteiger partial charge < -0.3 is 9.84 Å². The van der Waals surface area contributed by atoms with Gasteiger partial charge in [0.1, 0.15) is 17.6 Å². The van der Waals surface area contributed by atoms with Crippen LogP contribution < -0.4 is 4.74 Å². The number of pyridine rings is 1. The van der Waals surface area contributed by atoms with Gasteiger partial charge in [-0.1, -0.05) is 0 Å². The fourth-order valence-corrected chi connectivity index (χ4v) is 1.42. The molecular formula is C11H10FN3O2. The van der Waals surface area contributed by atoms with Gasteiger partial charge in [0.05, 0.1) is 13.3 Å². The molecule has 2 aromatic rings. The summed E-state index contributed by atoms with van der Waals surface area (Å²) in [5.74, 6) is -0.325. The number of aliphatic hydroxyl groups is 1. The van der Waals surface area contributed by atoms with E-state index < -0.39 is 11.9 Å². The molecule has 0 saturated carbocycles. The van der Waals surface area contributed by atoms with Crippen molar-refractivity contribution in [1.29, 1.82) is 0 Å². The van der Waals surface area contributed by atoms with E-state index in [-0.39, 0.29) is 11.6 Å². The van der Waals surface area contributed by atoms with Crippen LogP contribution in [-0.2, 0) is 0 Å². The van der Waals surface area contributed by atoms with Gasteiger partial charge in [-0.25, -0.2) is 9.37 Å². The lowest BCUT2D eigenvalue weighted by Crippen LogP contribution is -2.06. The van der Waals surface area contributed by atoms with Crippen LogP contribution in [0, 0.1) is 5.82 Å². The highest BCUT2D eigenvalue weighted by Gasteiger charge is 2.18. The number of aromatic nitrogens is 3. The Kier molecular flexibility index (Phi) is 3.24. The lowest BCUT2D eigenvalue weighted by Gasteiger charge is -2.12. The van der Waals surface area contributed by atoms with Crippen molar-refractivity contribution in [3.05, 3.63) is 47.9 Å². The molecule has 1 unspecified atom stereocenters. The minimum Gasteiger partial charge on any atom is -0.480 e. The normalized spacial score (nSPS) is 12.2. The van der Waals surface area contributed by atoms with E-state index in [4.69, 9.17) is 4.74 Å². The lowest BCUT2D eigenvalue weighted by atomic mass is 10.1. The van der Waals surface area contributed by atoms with E-state index in [9.17, 15) is 9.50 Å². The number of methoxy groups -OCH3 is 1. The topological polar surface area (TPSA) is 68.1 Å². The van der Waals surface area contributed by atoms with Crippen LogP contribution in [0.4, 0.5) is 4.39 Å². The predicted molar refractivity (Wildman–Crippen MR) is 56.8 cm³/mol. The van der Waals surface area contributed by atoms with Crippen LogP contribution in [0.1, 0.15) is 17.4 Å². The van der Waals surface area contributed by atoms with Gasteiger partial charge >= 0.3 is 0 Å². The highest BCUT2D eigenvalue weighted by Crippen LogP contribution is 2.25. The molecule has 17 heavy (non-hydrogen) atoms. The van der Waals surface area contributed by atoms with Gasteiger partial charge in [0.15, 0.2) is 0 Å². The molecule has 88 valence electrons. The van der Waals surface area contributed by atoms with Crippen LogP contribution >= 0.6 is 0 Å². The maximum Gasteiger partial charge on any atom is 0.238 e. The number of ether oxygens (including phenoxy) is 1. The second kappa shape index (κ2) is 4.84. The van der Waals surface area contributed by atoms with Crippen molar-refractivity contribution in [2.45, 2.75) is 6.10 Å². The van der Waals surface area contributed by atoms with E-state index >= 15 is 0 Å². The van der Waals surface area contributed by atoms with E-state index in [1.165, 1.54) is 31.8 Å². The van der Waals surface area contributed by atoms with Crippen LogP contribution in [0.2, 0.25) is 0 Å². The summed E-state index contributed by atoms with van der Waals surface area (Å²) < 4.78 is 18.0. The summed E-state index contributed by atoms with van der Waals surface area (Å²) in [6.45, 7) is 0. The molecule has 0 aromatic carbocycles. The van der Waals surface area contributed by atoms with Gasteiger partial charge in [0.2, 0.25) is 5.88 Å². The minimum atomic E-state index is -1.12. The Morgan fingerprint density at radius 2 is 2.06 bits per heavy atom. The van der Waals surface area contributed by atoms with Gasteiger partial charge in [-0.3, -0.25) is 9.97 Å². The zero-order chi connectivity index (χ0) is 12.3. The molecule has 2 rings (SSSR count). The van der Waals surface area contributed by atoms with Gasteiger partial charge in [0, 0.05) is 24.2 Å². The van der Waals surface area contributed by atoms with Crippen molar-refractivity contribution in [2.24, 2.45) is 0 Å². The van der Waals surface area contributed by atoms with Gasteiger partial charge in [-0.2, -0.15) is 0 Å². The summed E-state index contributed by atoms with van der Waals surface area (Å²) in [7, 11) is 1.42. The number of halogens is 1. The van der Waals surface area contributed by atoms with Gasteiger partial charge in [0.25, 0.3) is 0 Å². The number of aliphatic hydroxyl groups excluding tert-OH is 1.